The molecule has 2 atom stereocenters. The minimum Gasteiger partial charge on any atom is -0.481 e. The highest BCUT2D eigenvalue weighted by molar-refractivity contribution is 6.39. The van der Waals surface area contributed by atoms with Gasteiger partial charge >= 0.3 is 6.09 Å². The average molecular weight is 802 g/mol. The lowest BCUT2D eigenvalue weighted by Crippen LogP contribution is -2.43. The van der Waals surface area contributed by atoms with Crippen LogP contribution in [-0.4, -0.2) is 74.3 Å². The van der Waals surface area contributed by atoms with Gasteiger partial charge in [-0.05, 0) is 70.9 Å². The van der Waals surface area contributed by atoms with Crippen molar-refractivity contribution in [1.82, 2.24) is 29.9 Å². The monoisotopic (exact) mass is 800 g/mol. The fourth-order valence-corrected chi connectivity index (χ4v) is 7.40. The molecule has 3 aromatic heterocycles. The number of carbonyl (C=O) groups is 2. The van der Waals surface area contributed by atoms with Crippen molar-refractivity contribution in [3.63, 3.8) is 0 Å². The van der Waals surface area contributed by atoms with Crippen molar-refractivity contribution >= 4 is 40.8 Å². The van der Waals surface area contributed by atoms with Crippen LogP contribution in [0.1, 0.15) is 57.4 Å². The van der Waals surface area contributed by atoms with E-state index < -0.39 is 17.8 Å². The molecule has 0 bridgehead atoms. The van der Waals surface area contributed by atoms with Gasteiger partial charge < -0.3 is 30.1 Å². The molecule has 0 unspecified atom stereocenters. The van der Waals surface area contributed by atoms with Crippen LogP contribution in [0.2, 0.25) is 10.0 Å². The largest absolute Gasteiger partial charge is 0.481 e. The molecule has 3 N–H and O–H groups in total. The molecule has 294 valence electrons. The molecule has 1 aliphatic heterocycles. The molecular formula is C42H46Cl2N6O6. The third-order valence-corrected chi connectivity index (χ3v) is 10.2. The third kappa shape index (κ3) is 9.16. The summed E-state index contributed by atoms with van der Waals surface area (Å²) in [7, 11) is 1.52. The zero-order chi connectivity index (χ0) is 40.3. The van der Waals surface area contributed by atoms with Gasteiger partial charge in [0, 0.05) is 71.8 Å². The average Bonchev–Trinajstić information content (AvgIpc) is 3.55. The Bertz CT molecular complexity index is 2340. The van der Waals surface area contributed by atoms with Gasteiger partial charge in [-0.25, -0.2) is 14.8 Å². The molecular weight excluding hydrogens is 755 g/mol. The van der Waals surface area contributed by atoms with Crippen LogP contribution in [0, 0.1) is 6.92 Å². The van der Waals surface area contributed by atoms with Crippen LogP contribution in [0.5, 0.6) is 5.88 Å². The number of pyridine rings is 2. The molecule has 0 saturated carbocycles. The number of aliphatic hydroxyl groups excluding tert-OH is 1. The van der Waals surface area contributed by atoms with Crippen molar-refractivity contribution in [2.75, 3.05) is 20.2 Å². The zero-order valence-corrected chi connectivity index (χ0v) is 33.8. The van der Waals surface area contributed by atoms with E-state index in [1.54, 1.807) is 43.2 Å². The second kappa shape index (κ2) is 17.0. The summed E-state index contributed by atoms with van der Waals surface area (Å²) in [5.41, 5.74) is 5.55. The van der Waals surface area contributed by atoms with Gasteiger partial charge in [0.2, 0.25) is 11.8 Å². The summed E-state index contributed by atoms with van der Waals surface area (Å²) in [6, 6.07) is 18.6. The van der Waals surface area contributed by atoms with Gasteiger partial charge in [0.25, 0.3) is 5.56 Å². The van der Waals surface area contributed by atoms with E-state index in [0.29, 0.717) is 80.2 Å². The summed E-state index contributed by atoms with van der Waals surface area (Å²) >= 11 is 14.3. The Morgan fingerprint density at radius 2 is 1.71 bits per heavy atom. The number of benzene rings is 2. The predicted octanol–water partition coefficient (Wildman–Crippen LogP) is 7.20. The highest BCUT2D eigenvalue weighted by atomic mass is 35.5. The molecule has 1 fully saturated rings. The Kier molecular flexibility index (Phi) is 12.3. The van der Waals surface area contributed by atoms with Crippen LogP contribution >= 0.6 is 23.2 Å². The van der Waals surface area contributed by atoms with E-state index in [0.717, 1.165) is 11.1 Å². The number of hydrogen-bond acceptors (Lipinski definition) is 9. The predicted molar refractivity (Wildman–Crippen MR) is 218 cm³/mol. The number of aryl methyl sites for hydroxylation is 1. The standard InChI is InChI=1S/C42H46Cl2N6O6/c1-24-17-27(18-35-46-21-28(40(53)50(24)35)20-45-19-25(2)51)30-9-7-10-31(37(30)43)32-11-8-12-33(38(32)44)34-15-13-26(39(48-34)55-6)22-49(41(54)56-42(3,4)5)23-29-14-16-36(52)47-29/h7-13,15,17-18,21,25,29,45,51H,14,16,19-20,22-23H2,1-6H3,(H,47,52)/t25-,29-/m0/s1. The van der Waals surface area contributed by atoms with Gasteiger partial charge in [-0.3, -0.25) is 14.0 Å². The molecule has 0 spiro atoms. The van der Waals surface area contributed by atoms with E-state index in [1.165, 1.54) is 7.11 Å². The summed E-state index contributed by atoms with van der Waals surface area (Å²) in [6.07, 6.45) is 1.56. The molecule has 4 heterocycles. The van der Waals surface area contributed by atoms with Crippen molar-refractivity contribution in [2.24, 2.45) is 0 Å². The number of rotatable bonds is 12. The van der Waals surface area contributed by atoms with Gasteiger partial charge in [-0.1, -0.05) is 59.6 Å². The Hall–Kier alpha value is -5.01. The first-order valence-electron chi connectivity index (χ1n) is 18.4. The smallest absolute Gasteiger partial charge is 0.410 e. The third-order valence-electron chi connectivity index (χ3n) is 9.36. The number of nitrogens with one attached hydrogen (secondary N) is 2. The minimum absolute atomic E-state index is 0.0395. The number of amides is 2. The fraction of sp³-hybridized carbons (Fsp3) is 0.357. The number of aliphatic hydroxyl groups is 1. The highest BCUT2D eigenvalue weighted by Gasteiger charge is 2.29. The van der Waals surface area contributed by atoms with Crippen LogP contribution in [0.3, 0.4) is 0 Å². The van der Waals surface area contributed by atoms with Crippen molar-refractivity contribution in [3.8, 4) is 39.4 Å². The first-order chi connectivity index (χ1) is 26.6. The molecule has 12 nitrogen and oxygen atoms in total. The second-order valence-corrected chi connectivity index (χ2v) is 15.8. The van der Waals surface area contributed by atoms with E-state index in [-0.39, 0.29) is 37.1 Å². The molecule has 6 rings (SSSR count). The van der Waals surface area contributed by atoms with Crippen LogP contribution in [0.25, 0.3) is 39.2 Å². The van der Waals surface area contributed by atoms with Crippen molar-refractivity contribution < 1.29 is 24.2 Å². The van der Waals surface area contributed by atoms with Crippen LogP contribution in [0.4, 0.5) is 4.79 Å². The lowest BCUT2D eigenvalue weighted by molar-refractivity contribution is -0.119. The van der Waals surface area contributed by atoms with E-state index in [9.17, 15) is 19.5 Å². The molecule has 2 amide bonds. The summed E-state index contributed by atoms with van der Waals surface area (Å²) in [5, 5.41) is 16.5. The van der Waals surface area contributed by atoms with Gasteiger partial charge in [-0.2, -0.15) is 0 Å². The van der Waals surface area contributed by atoms with E-state index in [2.05, 4.69) is 15.6 Å². The molecule has 0 aliphatic carbocycles. The molecule has 0 radical (unpaired) electrons. The van der Waals surface area contributed by atoms with E-state index in [1.807, 2.05) is 67.6 Å². The lowest BCUT2D eigenvalue weighted by atomic mass is 9.96. The molecule has 2 aromatic carbocycles. The maximum Gasteiger partial charge on any atom is 0.410 e. The first kappa shape index (κ1) is 40.6. The Morgan fingerprint density at radius 3 is 2.36 bits per heavy atom. The molecule has 14 heteroatoms. The normalized spacial score (nSPS) is 14.8. The number of aromatic nitrogens is 3. The second-order valence-electron chi connectivity index (χ2n) is 15.0. The highest BCUT2D eigenvalue weighted by Crippen LogP contribution is 2.42. The Balaban J connectivity index is 1.30. The SMILES string of the molecule is COc1nc(-c2cccc(-c3cccc(-c4cc(C)n5c(=O)c(CNC[C@H](C)O)cnc5c4)c3Cl)c2Cl)ccc1CN(C[C@@H]1CCC(=O)N1)C(=O)OC(C)(C)C. The molecule has 56 heavy (non-hydrogen) atoms. The van der Waals surface area contributed by atoms with Crippen molar-refractivity contribution in [2.45, 2.75) is 78.3 Å². The minimum atomic E-state index is -0.708. The van der Waals surface area contributed by atoms with Gasteiger partial charge in [-0.15, -0.1) is 0 Å². The summed E-state index contributed by atoms with van der Waals surface area (Å²) in [6.45, 7) is 10.0. The zero-order valence-electron chi connectivity index (χ0n) is 32.3. The number of fused-ring (bicyclic) bond motifs is 1. The van der Waals surface area contributed by atoms with Crippen LogP contribution in [-0.2, 0) is 22.6 Å². The van der Waals surface area contributed by atoms with Gasteiger partial charge in [0.05, 0.1) is 41.1 Å². The molecule has 1 saturated heterocycles. The van der Waals surface area contributed by atoms with E-state index in [4.69, 9.17) is 37.7 Å². The summed E-state index contributed by atoms with van der Waals surface area (Å²) in [5.74, 6) is 0.276. The maximum atomic E-state index is 13.4. The number of hydrogen-bond donors (Lipinski definition) is 3. The number of nitrogens with zero attached hydrogens (tertiary/aromatic N) is 4. The topological polar surface area (TPSA) is 147 Å². The Morgan fingerprint density at radius 1 is 1.04 bits per heavy atom. The lowest BCUT2D eigenvalue weighted by Gasteiger charge is -2.29. The van der Waals surface area contributed by atoms with E-state index >= 15 is 0 Å². The molecule has 1 aliphatic rings. The van der Waals surface area contributed by atoms with Crippen LogP contribution < -0.4 is 20.9 Å². The quantitative estimate of drug-likeness (QED) is 0.119. The Labute approximate surface area is 335 Å². The number of halogens is 2. The summed E-state index contributed by atoms with van der Waals surface area (Å²) < 4.78 is 13.0. The first-order valence-corrected chi connectivity index (χ1v) is 19.2. The summed E-state index contributed by atoms with van der Waals surface area (Å²) in [4.78, 5) is 49.5. The van der Waals surface area contributed by atoms with Gasteiger partial charge in [0.15, 0.2) is 0 Å². The maximum absolute atomic E-state index is 13.4. The van der Waals surface area contributed by atoms with Gasteiger partial charge in [0.1, 0.15) is 11.2 Å². The fourth-order valence-electron chi connectivity index (χ4n) is 6.74. The van der Waals surface area contributed by atoms with Crippen LogP contribution in [0.15, 0.2) is 71.7 Å². The van der Waals surface area contributed by atoms with Crippen molar-refractivity contribution in [3.05, 3.63) is 104 Å². The number of methoxy groups -OCH3 is 1. The number of carbonyl (C=O) groups excluding carboxylic acids is 2. The van der Waals surface area contributed by atoms with Crippen molar-refractivity contribution in [1.29, 1.82) is 0 Å². The molecule has 5 aromatic rings. The number of ether oxygens (including phenoxy) is 2.